The van der Waals surface area contributed by atoms with Crippen LogP contribution in [0.15, 0.2) is 0 Å². The predicted octanol–water partition coefficient (Wildman–Crippen LogP) is 2.83. The molecule has 0 spiro atoms. The second-order valence-electron chi connectivity index (χ2n) is 5.64. The molecule has 2 N–H and O–H groups in total. The zero-order chi connectivity index (χ0) is 16.5. The van der Waals surface area contributed by atoms with E-state index in [9.17, 15) is 0 Å². The molecule has 0 unspecified atom stereocenters. The molecule has 0 bridgehead atoms. The average Bonchev–Trinajstić information content (AvgIpc) is 2.58. The summed E-state index contributed by atoms with van der Waals surface area (Å²) < 4.78 is 0. The maximum Gasteiger partial charge on any atom is 0.0110 e. The zero-order valence-corrected chi connectivity index (χ0v) is 21.4. The van der Waals surface area contributed by atoms with Crippen LogP contribution in [0.4, 0.5) is 0 Å². The fraction of sp³-hybridized carbons (Fsp3) is 1.00. The van der Waals surface area contributed by atoms with Gasteiger partial charge in [0.05, 0.1) is 0 Å². The van der Waals surface area contributed by atoms with E-state index >= 15 is 0 Å². The molecule has 0 aromatic heterocycles. The molecule has 0 aromatic rings. The fourth-order valence-corrected chi connectivity index (χ4v) is 2.58. The van der Waals surface area contributed by atoms with Crippen LogP contribution in [0.2, 0.25) is 0 Å². The van der Waals surface area contributed by atoms with Crippen molar-refractivity contribution in [1.29, 1.82) is 0 Å². The van der Waals surface area contributed by atoms with Gasteiger partial charge in [-0.1, -0.05) is 26.7 Å². The number of hydrogen-bond acceptors (Lipinski definition) is 3. The molecule has 0 atom stereocenters. The average molecular weight is 686 g/mol. The Morgan fingerprint density at radius 3 is 1.96 bits per heavy atom. The van der Waals surface area contributed by atoms with E-state index in [0.29, 0.717) is 6.54 Å². The normalized spacial score (nSPS) is 15.0. The zero-order valence-electron chi connectivity index (χ0n) is 16.0. The Bertz CT molecular complexity index is 215. The quantitative estimate of drug-likeness (QED) is 0.322. The molecule has 0 amide bonds. The SMILES string of the molecule is CC.C[N-]CCCCN1CCN(CCNCCCC[NH-])CC1.[Re].[Re]. The third-order valence-corrected chi connectivity index (χ3v) is 3.96. The summed E-state index contributed by atoms with van der Waals surface area (Å²) >= 11 is 0. The largest absolute Gasteiger partial charge is 0.677 e. The summed E-state index contributed by atoms with van der Waals surface area (Å²) in [7, 11) is 1.90. The standard InChI is InChI=1S/C15H33N5.C2H6.2Re/c1-17-7-4-5-10-19-12-14-20(15-13-19)11-9-18-8-3-2-6-16;1-2;;/h16,18H,2-15H2,1H3;1-2H3;;/q-2;;;. The van der Waals surface area contributed by atoms with Gasteiger partial charge in [-0.25, -0.2) is 0 Å². The van der Waals surface area contributed by atoms with Crippen molar-refractivity contribution in [3.8, 4) is 0 Å². The molecular formula is C17H39N5Re2-2. The first-order chi connectivity index (χ1) is 10.9. The van der Waals surface area contributed by atoms with Crippen molar-refractivity contribution in [2.45, 2.75) is 39.5 Å². The van der Waals surface area contributed by atoms with E-state index in [4.69, 9.17) is 5.73 Å². The molecule has 5 nitrogen and oxygen atoms in total. The minimum atomic E-state index is 0. The molecule has 0 aromatic carbocycles. The van der Waals surface area contributed by atoms with Gasteiger partial charge in [-0.2, -0.15) is 13.6 Å². The first-order valence-corrected chi connectivity index (χ1v) is 9.22. The molecular weight excluding hydrogens is 647 g/mol. The molecule has 0 saturated carbocycles. The van der Waals surface area contributed by atoms with Crippen molar-refractivity contribution >= 4 is 0 Å². The number of nitrogens with zero attached hydrogens (tertiary/aromatic N) is 3. The molecule has 24 heavy (non-hydrogen) atoms. The van der Waals surface area contributed by atoms with Gasteiger partial charge < -0.3 is 21.3 Å². The first-order valence-electron chi connectivity index (χ1n) is 9.22. The Kier molecular flexibility index (Phi) is 30.0. The van der Waals surface area contributed by atoms with E-state index in [-0.39, 0.29) is 40.8 Å². The minimum absolute atomic E-state index is 0. The van der Waals surface area contributed by atoms with Crippen molar-refractivity contribution in [2.24, 2.45) is 0 Å². The van der Waals surface area contributed by atoms with Gasteiger partial charge in [0.1, 0.15) is 0 Å². The van der Waals surface area contributed by atoms with Crippen LogP contribution in [0.3, 0.4) is 0 Å². The molecule has 1 saturated heterocycles. The summed E-state index contributed by atoms with van der Waals surface area (Å²) in [6, 6.07) is 0. The summed E-state index contributed by atoms with van der Waals surface area (Å²) in [4.78, 5) is 5.16. The number of rotatable bonds is 12. The number of hydrogen-bond donors (Lipinski definition) is 1. The van der Waals surface area contributed by atoms with Gasteiger partial charge in [0.15, 0.2) is 0 Å². The molecule has 2 radical (unpaired) electrons. The summed E-state index contributed by atoms with van der Waals surface area (Å²) in [6.45, 7) is 15.0. The maximum absolute atomic E-state index is 7.09. The van der Waals surface area contributed by atoms with Crippen molar-refractivity contribution in [1.82, 2.24) is 15.1 Å². The molecule has 1 aliphatic rings. The second-order valence-corrected chi connectivity index (χ2v) is 5.64. The monoisotopic (exact) mass is 687 g/mol. The maximum atomic E-state index is 7.09. The third kappa shape index (κ3) is 17.9. The first kappa shape index (κ1) is 29.9. The van der Waals surface area contributed by atoms with E-state index < -0.39 is 0 Å². The number of nitrogens with one attached hydrogen (secondary N) is 2. The van der Waals surface area contributed by atoms with Crippen LogP contribution < -0.4 is 5.32 Å². The summed E-state index contributed by atoms with van der Waals surface area (Å²) in [5.41, 5.74) is 7.09. The van der Waals surface area contributed by atoms with Gasteiger partial charge in [-0.05, 0) is 25.9 Å². The third-order valence-electron chi connectivity index (χ3n) is 3.96. The van der Waals surface area contributed by atoms with Crippen molar-refractivity contribution in [3.05, 3.63) is 11.1 Å². The Hall–Kier alpha value is 1.12. The van der Waals surface area contributed by atoms with Crippen LogP contribution in [-0.4, -0.2) is 82.3 Å². The molecule has 1 aliphatic heterocycles. The summed E-state index contributed by atoms with van der Waals surface area (Å²) in [6.07, 6.45) is 4.69. The van der Waals surface area contributed by atoms with Crippen LogP contribution in [0.5, 0.6) is 0 Å². The summed E-state index contributed by atoms with van der Waals surface area (Å²) in [5, 5.41) is 7.62. The van der Waals surface area contributed by atoms with Gasteiger partial charge in [0.25, 0.3) is 0 Å². The molecule has 0 aliphatic carbocycles. The van der Waals surface area contributed by atoms with E-state index in [1.165, 1.54) is 52.1 Å². The van der Waals surface area contributed by atoms with Crippen molar-refractivity contribution in [2.75, 3.05) is 72.5 Å². The molecule has 7 heteroatoms. The van der Waals surface area contributed by atoms with E-state index in [0.717, 1.165) is 32.5 Å². The van der Waals surface area contributed by atoms with Crippen LogP contribution in [0.25, 0.3) is 11.1 Å². The Balaban J connectivity index is -0.00000106. The van der Waals surface area contributed by atoms with E-state index in [1.807, 2.05) is 20.9 Å². The van der Waals surface area contributed by atoms with Crippen LogP contribution in [0.1, 0.15) is 39.5 Å². The Morgan fingerprint density at radius 1 is 0.833 bits per heavy atom. The van der Waals surface area contributed by atoms with E-state index in [1.54, 1.807) is 0 Å². The topological polar surface area (TPSA) is 56.4 Å². The van der Waals surface area contributed by atoms with Crippen LogP contribution in [0, 0.1) is 0 Å². The Labute approximate surface area is 178 Å². The van der Waals surface area contributed by atoms with Gasteiger partial charge >= 0.3 is 0 Å². The van der Waals surface area contributed by atoms with Gasteiger partial charge in [-0.15, -0.1) is 6.54 Å². The van der Waals surface area contributed by atoms with Gasteiger partial charge in [0.2, 0.25) is 0 Å². The number of piperazine rings is 1. The molecule has 1 rings (SSSR count). The minimum Gasteiger partial charge on any atom is -0.677 e. The number of unbranched alkanes of at least 4 members (excludes halogenated alkanes) is 2. The Morgan fingerprint density at radius 2 is 1.42 bits per heavy atom. The second kappa shape index (κ2) is 24.1. The molecule has 148 valence electrons. The fourth-order valence-electron chi connectivity index (χ4n) is 2.58. The molecule has 1 fully saturated rings. The van der Waals surface area contributed by atoms with Crippen molar-refractivity contribution in [3.63, 3.8) is 0 Å². The van der Waals surface area contributed by atoms with E-state index in [2.05, 4.69) is 20.4 Å². The summed E-state index contributed by atoms with van der Waals surface area (Å²) in [5.74, 6) is 0. The van der Waals surface area contributed by atoms with Gasteiger partial charge in [-0.3, -0.25) is 4.90 Å². The molecule has 1 heterocycles. The van der Waals surface area contributed by atoms with Crippen LogP contribution >= 0.6 is 0 Å². The van der Waals surface area contributed by atoms with Gasteiger partial charge in [0, 0.05) is 80.1 Å². The van der Waals surface area contributed by atoms with Crippen molar-refractivity contribution < 1.29 is 40.8 Å². The predicted molar refractivity (Wildman–Crippen MR) is 98.9 cm³/mol. The smallest absolute Gasteiger partial charge is 0.0110 e. The van der Waals surface area contributed by atoms with Crippen LogP contribution in [-0.2, 0) is 40.8 Å².